The minimum Gasteiger partial charge on any atom is -0.455 e. The summed E-state index contributed by atoms with van der Waals surface area (Å²) in [6, 6.07) is 0. The van der Waals surface area contributed by atoms with Crippen molar-refractivity contribution in [1.29, 1.82) is 0 Å². The molecule has 0 aromatic carbocycles. The normalized spacial score (nSPS) is 39.5. The molecule has 4 nitrogen and oxygen atoms in total. The third kappa shape index (κ3) is 1.42. The van der Waals surface area contributed by atoms with Crippen LogP contribution in [-0.4, -0.2) is 23.1 Å². The second-order valence-corrected chi connectivity index (χ2v) is 6.81. The maximum atomic E-state index is 11.8. The summed E-state index contributed by atoms with van der Waals surface area (Å²) < 4.78 is 11.4. The summed E-state index contributed by atoms with van der Waals surface area (Å²) in [5, 5.41) is 0. The molecule has 0 aromatic rings. The number of ether oxygens (including phenoxy) is 2. The Kier molecular flexibility index (Phi) is 2.51. The largest absolute Gasteiger partial charge is 0.455 e. The van der Waals surface area contributed by atoms with E-state index < -0.39 is 16.6 Å². The zero-order valence-corrected chi connectivity index (χ0v) is 12.1. The van der Waals surface area contributed by atoms with E-state index in [2.05, 4.69) is 13.2 Å². The van der Waals surface area contributed by atoms with Crippen molar-refractivity contribution in [2.24, 2.45) is 5.41 Å². The van der Waals surface area contributed by atoms with Gasteiger partial charge >= 0.3 is 11.9 Å². The van der Waals surface area contributed by atoms with Crippen LogP contribution in [0.4, 0.5) is 0 Å². The Morgan fingerprint density at radius 3 is 1.60 bits per heavy atom. The van der Waals surface area contributed by atoms with E-state index in [4.69, 9.17) is 9.47 Å². The highest BCUT2D eigenvalue weighted by Crippen LogP contribution is 2.61. The second-order valence-electron chi connectivity index (χ2n) is 6.81. The molecular weight excluding hydrogens is 256 g/mol. The van der Waals surface area contributed by atoms with E-state index in [9.17, 15) is 9.59 Å². The van der Waals surface area contributed by atoms with Crippen LogP contribution in [0.3, 0.4) is 0 Å². The third-order valence-corrected chi connectivity index (χ3v) is 5.59. The van der Waals surface area contributed by atoms with Crippen LogP contribution in [0.1, 0.15) is 46.0 Å². The fourth-order valence-electron chi connectivity index (χ4n) is 4.08. The SMILES string of the molecule is C=C1C[C@]2(CCC[C@]3(CC(=C)C(=O)O3)C2(C)C)OC1=O. The van der Waals surface area contributed by atoms with Crippen LogP contribution >= 0.6 is 0 Å². The van der Waals surface area contributed by atoms with Gasteiger partial charge in [-0.1, -0.05) is 27.0 Å². The molecule has 108 valence electrons. The van der Waals surface area contributed by atoms with Gasteiger partial charge in [-0.2, -0.15) is 0 Å². The van der Waals surface area contributed by atoms with Crippen LogP contribution in [0, 0.1) is 5.41 Å². The summed E-state index contributed by atoms with van der Waals surface area (Å²) >= 11 is 0. The molecule has 0 aromatic heterocycles. The van der Waals surface area contributed by atoms with E-state index >= 15 is 0 Å². The van der Waals surface area contributed by atoms with Crippen molar-refractivity contribution in [1.82, 2.24) is 0 Å². The quantitative estimate of drug-likeness (QED) is 0.504. The van der Waals surface area contributed by atoms with Crippen LogP contribution in [0.15, 0.2) is 24.3 Å². The van der Waals surface area contributed by atoms with Gasteiger partial charge in [0.15, 0.2) is 0 Å². The summed E-state index contributed by atoms with van der Waals surface area (Å²) in [5.41, 5.74) is -0.645. The van der Waals surface area contributed by atoms with Crippen molar-refractivity contribution in [3.63, 3.8) is 0 Å². The molecule has 2 saturated heterocycles. The fraction of sp³-hybridized carbons (Fsp3) is 0.625. The molecule has 1 saturated carbocycles. The van der Waals surface area contributed by atoms with Gasteiger partial charge in [0.25, 0.3) is 0 Å². The van der Waals surface area contributed by atoms with Crippen molar-refractivity contribution in [3.05, 3.63) is 24.3 Å². The Balaban J connectivity index is 2.04. The average Bonchev–Trinajstić information content (AvgIpc) is 2.79. The Morgan fingerprint density at radius 2 is 1.30 bits per heavy atom. The van der Waals surface area contributed by atoms with Gasteiger partial charge in [0.2, 0.25) is 0 Å². The summed E-state index contributed by atoms with van der Waals surface area (Å²) in [4.78, 5) is 23.6. The highest BCUT2D eigenvalue weighted by Gasteiger charge is 2.67. The molecule has 1 aliphatic carbocycles. The Morgan fingerprint density at radius 1 is 0.900 bits per heavy atom. The smallest absolute Gasteiger partial charge is 0.334 e. The molecule has 4 heteroatoms. The first-order valence-electron chi connectivity index (χ1n) is 7.05. The van der Waals surface area contributed by atoms with E-state index in [1.165, 1.54) is 0 Å². The highest BCUT2D eigenvalue weighted by molar-refractivity contribution is 5.92. The minimum absolute atomic E-state index is 0.321. The van der Waals surface area contributed by atoms with E-state index in [0.29, 0.717) is 24.0 Å². The Hall–Kier alpha value is -1.58. The van der Waals surface area contributed by atoms with E-state index in [-0.39, 0.29) is 11.9 Å². The number of carbonyl (C=O) groups excluding carboxylic acids is 2. The van der Waals surface area contributed by atoms with Crippen molar-refractivity contribution in [2.75, 3.05) is 0 Å². The van der Waals surface area contributed by atoms with Crippen molar-refractivity contribution in [3.8, 4) is 0 Å². The predicted octanol–water partition coefficient (Wildman–Crippen LogP) is 2.68. The van der Waals surface area contributed by atoms with Crippen LogP contribution < -0.4 is 0 Å². The summed E-state index contributed by atoms with van der Waals surface area (Å²) in [6.07, 6.45) is 3.48. The van der Waals surface area contributed by atoms with Crippen LogP contribution in [0.2, 0.25) is 0 Å². The van der Waals surface area contributed by atoms with Crippen molar-refractivity contribution in [2.45, 2.75) is 57.2 Å². The van der Waals surface area contributed by atoms with E-state index in [0.717, 1.165) is 19.3 Å². The van der Waals surface area contributed by atoms with Crippen LogP contribution in [0.25, 0.3) is 0 Å². The maximum absolute atomic E-state index is 11.8. The first-order chi connectivity index (χ1) is 9.23. The maximum Gasteiger partial charge on any atom is 0.334 e. The molecule has 2 heterocycles. The molecule has 0 radical (unpaired) electrons. The monoisotopic (exact) mass is 276 g/mol. The molecular formula is C16H20O4. The molecule has 0 unspecified atom stereocenters. The average molecular weight is 276 g/mol. The Bertz CT molecular complexity index is 463. The van der Waals surface area contributed by atoms with Gasteiger partial charge in [-0.05, 0) is 19.3 Å². The van der Waals surface area contributed by atoms with Gasteiger partial charge in [-0.3, -0.25) is 0 Å². The van der Waals surface area contributed by atoms with Crippen molar-refractivity contribution < 1.29 is 19.1 Å². The lowest BCUT2D eigenvalue weighted by Crippen LogP contribution is -2.61. The molecule has 0 bridgehead atoms. The standard InChI is InChI=1S/C16H20O4/c1-10-8-15(19-12(10)17)6-5-7-16(14(15,3)4)9-11(2)13(18)20-16/h1-2,5-9H2,3-4H3/t15-,16-/m0/s1. The lowest BCUT2D eigenvalue weighted by molar-refractivity contribution is -0.217. The topological polar surface area (TPSA) is 52.6 Å². The zero-order chi connectivity index (χ0) is 14.8. The van der Waals surface area contributed by atoms with Gasteiger partial charge < -0.3 is 9.47 Å². The number of carbonyl (C=O) groups is 2. The van der Waals surface area contributed by atoms with Gasteiger partial charge in [0, 0.05) is 29.4 Å². The number of esters is 2. The molecule has 3 fully saturated rings. The molecule has 2 aliphatic heterocycles. The second kappa shape index (κ2) is 3.74. The summed E-state index contributed by atoms with van der Waals surface area (Å²) in [5.74, 6) is -0.642. The molecule has 20 heavy (non-hydrogen) atoms. The predicted molar refractivity (Wildman–Crippen MR) is 72.8 cm³/mol. The molecule has 3 rings (SSSR count). The molecule has 0 amide bonds. The van der Waals surface area contributed by atoms with Crippen LogP contribution in [-0.2, 0) is 19.1 Å². The minimum atomic E-state index is -0.607. The highest BCUT2D eigenvalue weighted by atomic mass is 16.6. The molecule has 2 spiro atoms. The molecule has 0 N–H and O–H groups in total. The first kappa shape index (κ1) is 13.4. The van der Waals surface area contributed by atoms with Gasteiger partial charge in [0.1, 0.15) is 11.2 Å². The first-order valence-corrected chi connectivity index (χ1v) is 7.05. The fourth-order valence-corrected chi connectivity index (χ4v) is 4.08. The van der Waals surface area contributed by atoms with Gasteiger partial charge in [-0.25, -0.2) is 9.59 Å². The lowest BCUT2D eigenvalue weighted by atomic mass is 9.55. The number of hydrogen-bond acceptors (Lipinski definition) is 4. The number of hydrogen-bond donors (Lipinski definition) is 0. The third-order valence-electron chi connectivity index (χ3n) is 5.59. The summed E-state index contributed by atoms with van der Waals surface area (Å²) in [6.45, 7) is 11.7. The van der Waals surface area contributed by atoms with Crippen LogP contribution in [0.5, 0.6) is 0 Å². The van der Waals surface area contributed by atoms with Crippen molar-refractivity contribution >= 4 is 11.9 Å². The summed E-state index contributed by atoms with van der Waals surface area (Å²) in [7, 11) is 0. The molecule has 2 atom stereocenters. The molecule has 3 aliphatic rings. The van der Waals surface area contributed by atoms with E-state index in [1.54, 1.807) is 0 Å². The van der Waals surface area contributed by atoms with Gasteiger partial charge in [-0.15, -0.1) is 0 Å². The number of rotatable bonds is 0. The Labute approximate surface area is 118 Å². The van der Waals surface area contributed by atoms with E-state index in [1.807, 2.05) is 13.8 Å². The zero-order valence-electron chi connectivity index (χ0n) is 12.1. The lowest BCUT2D eigenvalue weighted by Gasteiger charge is -2.55. The van der Waals surface area contributed by atoms with Gasteiger partial charge in [0.05, 0.1) is 0 Å².